The van der Waals surface area contributed by atoms with Crippen LogP contribution in [-0.4, -0.2) is 25.8 Å². The van der Waals surface area contributed by atoms with E-state index in [0.717, 1.165) is 22.0 Å². The minimum atomic E-state index is -1.08. The molecule has 2 aromatic heterocycles. The largest absolute Gasteiger partial charge is 0.476 e. The second-order valence-electron chi connectivity index (χ2n) is 5.56. The number of fused-ring (bicyclic) bond motifs is 1. The Hall–Kier alpha value is -3.06. The summed E-state index contributed by atoms with van der Waals surface area (Å²) in [5.74, 6) is -1.37. The zero-order valence-corrected chi connectivity index (χ0v) is 13.9. The van der Waals surface area contributed by atoms with Crippen LogP contribution >= 0.6 is 11.3 Å². The highest BCUT2D eigenvalue weighted by molar-refractivity contribution is 7.12. The van der Waals surface area contributed by atoms with E-state index in [1.807, 2.05) is 31.2 Å². The van der Waals surface area contributed by atoms with Crippen LogP contribution in [0.4, 0.5) is 4.39 Å². The first-order valence-electron chi connectivity index (χ1n) is 7.48. The zero-order valence-electron chi connectivity index (χ0n) is 13.1. The summed E-state index contributed by atoms with van der Waals surface area (Å²) >= 11 is 1.21. The number of halogens is 1. The fourth-order valence-corrected chi connectivity index (χ4v) is 3.52. The Morgan fingerprint density at radius 2 is 2.04 bits per heavy atom. The number of rotatable bonds is 3. The number of aromatic nitrogens is 3. The zero-order chi connectivity index (χ0) is 17.6. The van der Waals surface area contributed by atoms with Crippen molar-refractivity contribution in [1.82, 2.24) is 14.8 Å². The van der Waals surface area contributed by atoms with E-state index in [1.165, 1.54) is 28.8 Å². The maximum Gasteiger partial charge on any atom is 0.355 e. The normalized spacial score (nSPS) is 11.1. The molecule has 0 saturated carbocycles. The van der Waals surface area contributed by atoms with Crippen molar-refractivity contribution in [1.29, 1.82) is 0 Å². The molecule has 0 radical (unpaired) electrons. The first kappa shape index (κ1) is 15.5. The van der Waals surface area contributed by atoms with Crippen molar-refractivity contribution in [3.8, 4) is 16.4 Å². The SMILES string of the molecule is Cc1cc(F)ccc1-c1nn(-c2nc(C(=O)O)cs2)c2ccccc12. The Labute approximate surface area is 146 Å². The molecule has 0 aliphatic carbocycles. The third-order valence-corrected chi connectivity index (χ3v) is 4.74. The molecule has 0 spiro atoms. The molecule has 7 heteroatoms. The first-order valence-corrected chi connectivity index (χ1v) is 8.36. The van der Waals surface area contributed by atoms with Crippen molar-refractivity contribution in [2.45, 2.75) is 6.92 Å². The van der Waals surface area contributed by atoms with E-state index in [4.69, 9.17) is 5.11 Å². The smallest absolute Gasteiger partial charge is 0.355 e. The lowest BCUT2D eigenvalue weighted by molar-refractivity contribution is 0.0691. The van der Waals surface area contributed by atoms with Gasteiger partial charge in [0.05, 0.1) is 5.52 Å². The molecule has 0 aliphatic heterocycles. The predicted octanol–water partition coefficient (Wildman–Crippen LogP) is 4.29. The van der Waals surface area contributed by atoms with Gasteiger partial charge in [0.15, 0.2) is 5.69 Å². The van der Waals surface area contributed by atoms with E-state index in [2.05, 4.69) is 10.1 Å². The van der Waals surface area contributed by atoms with Crippen LogP contribution in [-0.2, 0) is 0 Å². The van der Waals surface area contributed by atoms with Gasteiger partial charge in [0.2, 0.25) is 5.13 Å². The number of nitrogens with zero attached hydrogens (tertiary/aromatic N) is 3. The molecule has 0 aliphatic rings. The molecular weight excluding hydrogens is 341 g/mol. The second kappa shape index (κ2) is 5.78. The topological polar surface area (TPSA) is 68.0 Å². The fraction of sp³-hybridized carbons (Fsp3) is 0.0556. The van der Waals surface area contributed by atoms with Crippen LogP contribution in [0, 0.1) is 12.7 Å². The van der Waals surface area contributed by atoms with Gasteiger partial charge in [-0.2, -0.15) is 5.10 Å². The number of hydrogen-bond donors (Lipinski definition) is 1. The molecule has 1 N–H and O–H groups in total. The molecule has 5 nitrogen and oxygen atoms in total. The molecule has 0 saturated heterocycles. The predicted molar refractivity (Wildman–Crippen MR) is 93.8 cm³/mol. The van der Waals surface area contributed by atoms with E-state index in [9.17, 15) is 9.18 Å². The van der Waals surface area contributed by atoms with Crippen molar-refractivity contribution < 1.29 is 14.3 Å². The average Bonchev–Trinajstić information content (AvgIpc) is 3.20. The summed E-state index contributed by atoms with van der Waals surface area (Å²) < 4.78 is 15.1. The molecule has 2 heterocycles. The Morgan fingerprint density at radius 1 is 1.24 bits per heavy atom. The highest BCUT2D eigenvalue weighted by Gasteiger charge is 2.18. The molecular formula is C18H12FN3O2S. The molecule has 124 valence electrons. The molecule has 4 rings (SSSR count). The fourth-order valence-electron chi connectivity index (χ4n) is 2.76. The quantitative estimate of drug-likeness (QED) is 0.596. The number of carboxylic acids is 1. The van der Waals surface area contributed by atoms with Crippen LogP contribution in [0.5, 0.6) is 0 Å². The van der Waals surface area contributed by atoms with E-state index < -0.39 is 5.97 Å². The van der Waals surface area contributed by atoms with Gasteiger partial charge in [0.25, 0.3) is 0 Å². The Bertz CT molecular complexity index is 1120. The third kappa shape index (κ3) is 2.58. The van der Waals surface area contributed by atoms with Crippen LogP contribution in [0.1, 0.15) is 16.1 Å². The van der Waals surface area contributed by atoms with Gasteiger partial charge < -0.3 is 5.11 Å². The Balaban J connectivity index is 1.96. The van der Waals surface area contributed by atoms with Gasteiger partial charge in [-0.1, -0.05) is 18.2 Å². The second-order valence-corrected chi connectivity index (χ2v) is 6.39. The number of aromatic carboxylic acids is 1. The summed E-state index contributed by atoms with van der Waals surface area (Å²) in [7, 11) is 0. The van der Waals surface area contributed by atoms with Gasteiger partial charge >= 0.3 is 5.97 Å². The van der Waals surface area contributed by atoms with Gasteiger partial charge in [-0.25, -0.2) is 18.9 Å². The van der Waals surface area contributed by atoms with Gasteiger partial charge in [0, 0.05) is 16.3 Å². The van der Waals surface area contributed by atoms with Crippen molar-refractivity contribution in [2.75, 3.05) is 0 Å². The number of para-hydroxylation sites is 1. The van der Waals surface area contributed by atoms with E-state index in [0.29, 0.717) is 10.8 Å². The number of benzene rings is 2. The molecule has 0 unspecified atom stereocenters. The van der Waals surface area contributed by atoms with E-state index in [-0.39, 0.29) is 11.5 Å². The van der Waals surface area contributed by atoms with Gasteiger partial charge in [-0.05, 0) is 36.8 Å². The molecule has 0 atom stereocenters. The summed E-state index contributed by atoms with van der Waals surface area (Å²) in [6, 6.07) is 12.2. The van der Waals surface area contributed by atoms with E-state index in [1.54, 1.807) is 10.7 Å². The van der Waals surface area contributed by atoms with Crippen LogP contribution in [0.25, 0.3) is 27.3 Å². The van der Waals surface area contributed by atoms with Crippen LogP contribution in [0.2, 0.25) is 0 Å². The molecule has 0 amide bonds. The van der Waals surface area contributed by atoms with Gasteiger partial charge in [-0.3, -0.25) is 0 Å². The lowest BCUT2D eigenvalue weighted by atomic mass is 10.0. The summed E-state index contributed by atoms with van der Waals surface area (Å²) in [5, 5.41) is 16.6. The van der Waals surface area contributed by atoms with Crippen molar-refractivity contribution in [3.05, 3.63) is 64.9 Å². The average molecular weight is 353 g/mol. The first-order chi connectivity index (χ1) is 12.0. The maximum atomic E-state index is 13.4. The lowest BCUT2D eigenvalue weighted by Crippen LogP contribution is -2.00. The lowest BCUT2D eigenvalue weighted by Gasteiger charge is -2.03. The number of aryl methyl sites for hydroxylation is 1. The van der Waals surface area contributed by atoms with Crippen LogP contribution < -0.4 is 0 Å². The summed E-state index contributed by atoms with van der Waals surface area (Å²) in [5.41, 5.74) is 3.11. The van der Waals surface area contributed by atoms with Crippen molar-refractivity contribution in [2.24, 2.45) is 0 Å². The van der Waals surface area contributed by atoms with Crippen LogP contribution in [0.15, 0.2) is 47.8 Å². The maximum absolute atomic E-state index is 13.4. The standard InChI is InChI=1S/C18H12FN3O2S/c1-10-8-11(19)6-7-12(10)16-13-4-2-3-5-15(13)22(21-16)18-20-14(9-25-18)17(23)24/h2-9H,1H3,(H,23,24). The Morgan fingerprint density at radius 3 is 2.76 bits per heavy atom. The summed E-state index contributed by atoms with van der Waals surface area (Å²) in [4.78, 5) is 15.2. The number of carbonyl (C=O) groups is 1. The summed E-state index contributed by atoms with van der Waals surface area (Å²) in [6.07, 6.45) is 0. The van der Waals surface area contributed by atoms with E-state index >= 15 is 0 Å². The summed E-state index contributed by atoms with van der Waals surface area (Å²) in [6.45, 7) is 1.83. The monoisotopic (exact) mass is 353 g/mol. The van der Waals surface area contributed by atoms with Crippen molar-refractivity contribution in [3.63, 3.8) is 0 Å². The minimum absolute atomic E-state index is 0.0147. The Kier molecular flexibility index (Phi) is 3.58. The van der Waals surface area contributed by atoms with Gasteiger partial charge in [0.1, 0.15) is 11.5 Å². The molecule has 0 fully saturated rings. The number of carboxylic acid groups (broad SMARTS) is 1. The van der Waals surface area contributed by atoms with Crippen molar-refractivity contribution >= 4 is 28.2 Å². The molecule has 0 bridgehead atoms. The molecule has 25 heavy (non-hydrogen) atoms. The number of hydrogen-bond acceptors (Lipinski definition) is 4. The minimum Gasteiger partial charge on any atom is -0.476 e. The highest BCUT2D eigenvalue weighted by atomic mass is 32.1. The number of thiazole rings is 1. The van der Waals surface area contributed by atoms with Gasteiger partial charge in [-0.15, -0.1) is 11.3 Å². The molecule has 4 aromatic rings. The molecule has 2 aromatic carbocycles. The highest BCUT2D eigenvalue weighted by Crippen LogP contribution is 2.32. The third-order valence-electron chi connectivity index (χ3n) is 3.92. The van der Waals surface area contributed by atoms with Crippen LogP contribution in [0.3, 0.4) is 0 Å².